The van der Waals surface area contributed by atoms with Crippen molar-refractivity contribution < 1.29 is 24.2 Å². The quantitative estimate of drug-likeness (QED) is 0.856. The van der Waals surface area contributed by atoms with E-state index >= 15 is 0 Å². The van der Waals surface area contributed by atoms with Gasteiger partial charge in [-0.3, -0.25) is 4.79 Å². The molecule has 27 heavy (non-hydrogen) atoms. The number of carboxylic acids is 1. The van der Waals surface area contributed by atoms with Crippen molar-refractivity contribution in [2.75, 3.05) is 45.3 Å². The second-order valence-corrected chi connectivity index (χ2v) is 6.03. The number of aromatic nitrogens is 1. The van der Waals surface area contributed by atoms with Crippen molar-refractivity contribution in [1.82, 2.24) is 9.88 Å². The molecule has 0 atom stereocenters. The summed E-state index contributed by atoms with van der Waals surface area (Å²) in [6, 6.07) is 10.0. The first-order chi connectivity index (χ1) is 13.0. The number of hydrogen-bond donors (Lipinski definition) is 1. The molecule has 8 nitrogen and oxygen atoms in total. The van der Waals surface area contributed by atoms with Crippen LogP contribution in [0.25, 0.3) is 0 Å². The number of benzene rings is 1. The maximum atomic E-state index is 12.9. The molecular weight excluding hydrogens is 350 g/mol. The van der Waals surface area contributed by atoms with Gasteiger partial charge >= 0.3 is 5.97 Å². The van der Waals surface area contributed by atoms with Gasteiger partial charge in [0.1, 0.15) is 17.3 Å². The number of carbonyl (C=O) groups excluding carboxylic acids is 1. The Bertz CT molecular complexity index is 847. The van der Waals surface area contributed by atoms with Crippen LogP contribution >= 0.6 is 0 Å². The third kappa shape index (κ3) is 3.94. The van der Waals surface area contributed by atoms with E-state index in [1.165, 1.54) is 13.2 Å². The Morgan fingerprint density at radius 2 is 1.78 bits per heavy atom. The summed E-state index contributed by atoms with van der Waals surface area (Å²) >= 11 is 0. The lowest BCUT2D eigenvalue weighted by molar-refractivity contribution is 0.0690. The monoisotopic (exact) mass is 371 g/mol. The van der Waals surface area contributed by atoms with Gasteiger partial charge in [0.05, 0.1) is 19.8 Å². The Labute approximate surface area is 156 Å². The smallest absolute Gasteiger partial charge is 0.354 e. The predicted octanol–water partition coefficient (Wildman–Crippen LogP) is 1.76. The number of hydrogen-bond acceptors (Lipinski definition) is 6. The highest BCUT2D eigenvalue weighted by molar-refractivity contribution is 5.97. The first-order valence-corrected chi connectivity index (χ1v) is 8.50. The molecule has 1 amide bonds. The molecule has 0 aliphatic carbocycles. The number of carboxylic acid groups (broad SMARTS) is 1. The van der Waals surface area contributed by atoms with Crippen molar-refractivity contribution in [1.29, 1.82) is 0 Å². The van der Waals surface area contributed by atoms with Crippen LogP contribution < -0.4 is 14.4 Å². The van der Waals surface area contributed by atoms with Crippen molar-refractivity contribution in [2.45, 2.75) is 0 Å². The largest absolute Gasteiger partial charge is 0.497 e. The van der Waals surface area contributed by atoms with Crippen molar-refractivity contribution in [3.8, 4) is 11.5 Å². The standard InChI is InChI=1S/C19H21N3O5/c1-26-13-6-7-14(16(12-13)27-2)18(23)22-10-8-21(9-11-22)17-5-3-4-15(20-17)19(24)25/h3-7,12H,8-11H2,1-2H3,(H,24,25). The van der Waals surface area contributed by atoms with Crippen LogP contribution in [0.1, 0.15) is 20.8 Å². The van der Waals surface area contributed by atoms with Crippen molar-refractivity contribution >= 4 is 17.7 Å². The second kappa shape index (κ2) is 7.94. The fourth-order valence-electron chi connectivity index (χ4n) is 3.00. The summed E-state index contributed by atoms with van der Waals surface area (Å²) in [5.41, 5.74) is 0.492. The van der Waals surface area contributed by atoms with Gasteiger partial charge in [0, 0.05) is 32.2 Å². The zero-order chi connectivity index (χ0) is 19.4. The Morgan fingerprint density at radius 1 is 1.04 bits per heavy atom. The van der Waals surface area contributed by atoms with E-state index in [1.54, 1.807) is 42.3 Å². The van der Waals surface area contributed by atoms with Crippen LogP contribution in [0.5, 0.6) is 11.5 Å². The van der Waals surface area contributed by atoms with E-state index in [9.17, 15) is 9.59 Å². The maximum Gasteiger partial charge on any atom is 0.354 e. The molecule has 1 fully saturated rings. The summed E-state index contributed by atoms with van der Waals surface area (Å²) in [5, 5.41) is 9.08. The van der Waals surface area contributed by atoms with Crippen molar-refractivity contribution in [3.05, 3.63) is 47.7 Å². The highest BCUT2D eigenvalue weighted by Gasteiger charge is 2.25. The van der Waals surface area contributed by atoms with Crippen molar-refractivity contribution in [2.24, 2.45) is 0 Å². The van der Waals surface area contributed by atoms with Gasteiger partial charge in [-0.05, 0) is 24.3 Å². The van der Waals surface area contributed by atoms with Gasteiger partial charge in [-0.15, -0.1) is 0 Å². The van der Waals surface area contributed by atoms with Crippen LogP contribution in [0.2, 0.25) is 0 Å². The molecule has 0 bridgehead atoms. The molecule has 0 radical (unpaired) electrons. The van der Waals surface area contributed by atoms with Crippen molar-refractivity contribution in [3.63, 3.8) is 0 Å². The van der Waals surface area contributed by atoms with Gasteiger partial charge in [-0.1, -0.05) is 6.07 Å². The minimum absolute atomic E-state index is 0.00831. The van der Waals surface area contributed by atoms with Crippen LogP contribution in [0.15, 0.2) is 36.4 Å². The first-order valence-electron chi connectivity index (χ1n) is 8.50. The number of carbonyl (C=O) groups is 2. The second-order valence-electron chi connectivity index (χ2n) is 6.03. The van der Waals surface area contributed by atoms with Gasteiger partial charge in [0.15, 0.2) is 5.69 Å². The number of amides is 1. The predicted molar refractivity (Wildman–Crippen MR) is 98.9 cm³/mol. The molecule has 1 N–H and O–H groups in total. The molecule has 1 saturated heterocycles. The van der Waals surface area contributed by atoms with E-state index in [1.807, 2.05) is 4.90 Å². The fraction of sp³-hybridized carbons (Fsp3) is 0.316. The molecule has 1 aliphatic heterocycles. The number of pyridine rings is 1. The third-order valence-corrected chi connectivity index (χ3v) is 4.48. The summed E-state index contributed by atoms with van der Waals surface area (Å²) in [6.07, 6.45) is 0. The average molecular weight is 371 g/mol. The lowest BCUT2D eigenvalue weighted by Gasteiger charge is -2.35. The molecule has 1 aliphatic rings. The summed E-state index contributed by atoms with van der Waals surface area (Å²) in [7, 11) is 3.08. The molecule has 0 spiro atoms. The molecule has 1 aromatic heterocycles. The van der Waals surface area contributed by atoms with Gasteiger partial charge in [-0.25, -0.2) is 9.78 Å². The molecule has 142 valence electrons. The molecule has 2 aromatic rings. The van der Waals surface area contributed by atoms with E-state index in [0.717, 1.165) is 0 Å². The topological polar surface area (TPSA) is 92.2 Å². The number of anilines is 1. The maximum absolute atomic E-state index is 12.9. The van der Waals surface area contributed by atoms with Crippen LogP contribution in [-0.4, -0.2) is 67.3 Å². The van der Waals surface area contributed by atoms with Crippen LogP contribution in [0.4, 0.5) is 5.82 Å². The summed E-state index contributed by atoms with van der Waals surface area (Å²) in [5.74, 6) is 0.526. The highest BCUT2D eigenvalue weighted by Crippen LogP contribution is 2.26. The molecule has 8 heteroatoms. The lowest BCUT2D eigenvalue weighted by atomic mass is 10.1. The van der Waals surface area contributed by atoms with E-state index < -0.39 is 5.97 Å². The Kier molecular flexibility index (Phi) is 5.44. The molecule has 2 heterocycles. The molecule has 0 saturated carbocycles. The number of piperazine rings is 1. The van der Waals surface area contributed by atoms with E-state index in [2.05, 4.69) is 4.98 Å². The van der Waals surface area contributed by atoms with Crippen LogP contribution in [0.3, 0.4) is 0 Å². The highest BCUT2D eigenvalue weighted by atomic mass is 16.5. The summed E-state index contributed by atoms with van der Waals surface area (Å²) in [6.45, 7) is 2.15. The van der Waals surface area contributed by atoms with E-state index in [4.69, 9.17) is 14.6 Å². The Hall–Kier alpha value is -3.29. The van der Waals surface area contributed by atoms with E-state index in [-0.39, 0.29) is 11.6 Å². The Morgan fingerprint density at radius 3 is 2.41 bits per heavy atom. The molecule has 1 aromatic carbocycles. The minimum Gasteiger partial charge on any atom is -0.497 e. The molecule has 3 rings (SSSR count). The molecular formula is C19H21N3O5. The number of ether oxygens (including phenoxy) is 2. The summed E-state index contributed by atoms with van der Waals surface area (Å²) < 4.78 is 10.5. The van der Waals surface area contributed by atoms with E-state index in [0.29, 0.717) is 49.1 Å². The third-order valence-electron chi connectivity index (χ3n) is 4.48. The zero-order valence-electron chi connectivity index (χ0n) is 15.2. The van der Waals surface area contributed by atoms with Crippen LogP contribution in [-0.2, 0) is 0 Å². The number of rotatable bonds is 5. The SMILES string of the molecule is COc1ccc(C(=O)N2CCN(c3cccc(C(=O)O)n3)CC2)c(OC)c1. The number of methoxy groups -OCH3 is 2. The van der Waals surface area contributed by atoms with Gasteiger partial charge in [0.25, 0.3) is 5.91 Å². The lowest BCUT2D eigenvalue weighted by Crippen LogP contribution is -2.49. The average Bonchev–Trinajstić information content (AvgIpc) is 2.73. The number of aromatic carboxylic acids is 1. The normalized spacial score (nSPS) is 14.0. The Balaban J connectivity index is 1.69. The van der Waals surface area contributed by atoms with Crippen LogP contribution in [0, 0.1) is 0 Å². The molecule has 0 unspecified atom stereocenters. The zero-order valence-corrected chi connectivity index (χ0v) is 15.2. The first kappa shape index (κ1) is 18.5. The fourth-order valence-corrected chi connectivity index (χ4v) is 3.00. The van der Waals surface area contributed by atoms with Gasteiger partial charge < -0.3 is 24.4 Å². The minimum atomic E-state index is -1.06. The summed E-state index contributed by atoms with van der Waals surface area (Å²) in [4.78, 5) is 31.8. The number of nitrogens with zero attached hydrogens (tertiary/aromatic N) is 3. The van der Waals surface area contributed by atoms with Gasteiger partial charge in [-0.2, -0.15) is 0 Å². The van der Waals surface area contributed by atoms with Gasteiger partial charge in [0.2, 0.25) is 0 Å².